The molecule has 0 amide bonds. The molecule has 1 N–H and O–H groups in total. The summed E-state index contributed by atoms with van der Waals surface area (Å²) in [6.45, 7) is 0. The second kappa shape index (κ2) is 4.96. The van der Waals surface area contributed by atoms with E-state index in [1.165, 1.54) is 0 Å². The first kappa shape index (κ1) is 12.1. The number of fused-ring (bicyclic) bond motifs is 1. The number of aromatic nitrogens is 1. The second-order valence-electron chi connectivity index (χ2n) is 2.35. The van der Waals surface area contributed by atoms with Crippen LogP contribution in [0.1, 0.15) is 0 Å². The van der Waals surface area contributed by atoms with Gasteiger partial charge in [-0.25, -0.2) is 0 Å². The molecule has 0 spiro atoms. The average Bonchev–Trinajstić information content (AvgIpc) is 2.06. The summed E-state index contributed by atoms with van der Waals surface area (Å²) in [6, 6.07) is 9.13. The van der Waals surface area contributed by atoms with Crippen LogP contribution in [0.4, 0.5) is 0 Å². The molecule has 2 nitrogen and oxygen atoms in total. The zero-order valence-corrected chi connectivity index (χ0v) is 7.44. The molecule has 0 saturated heterocycles. The van der Waals surface area contributed by atoms with Crippen molar-refractivity contribution >= 4 is 38.2 Å². The van der Waals surface area contributed by atoms with Crippen LogP contribution in [-0.4, -0.2) is 37.4 Å². The van der Waals surface area contributed by atoms with Crippen molar-refractivity contribution in [1.29, 1.82) is 0 Å². The van der Waals surface area contributed by atoms with Crippen molar-refractivity contribution in [2.24, 2.45) is 0 Å². The molecule has 4 heteroatoms. The second-order valence-corrected chi connectivity index (χ2v) is 2.35. The van der Waals surface area contributed by atoms with Crippen molar-refractivity contribution in [3.8, 4) is 5.75 Å². The summed E-state index contributed by atoms with van der Waals surface area (Å²) in [6.07, 6.45) is 1.67. The normalized spacial score (nSPS) is 8.62. The molecule has 0 aliphatic carbocycles. The van der Waals surface area contributed by atoms with Crippen molar-refractivity contribution in [3.63, 3.8) is 0 Å². The number of pyridine rings is 1. The van der Waals surface area contributed by atoms with Crippen LogP contribution in [0.5, 0.6) is 5.75 Å². The van der Waals surface area contributed by atoms with Crippen LogP contribution in [0.2, 0.25) is 0 Å². The molecule has 0 aliphatic rings. The molecule has 58 valence electrons. The van der Waals surface area contributed by atoms with Crippen LogP contribution < -0.4 is 0 Å². The first-order chi connectivity index (χ1) is 5.38. The van der Waals surface area contributed by atoms with Crippen LogP contribution in [0.3, 0.4) is 0 Å². The fourth-order valence-corrected chi connectivity index (χ4v) is 1.09. The Morgan fingerprint density at radius 2 is 1.77 bits per heavy atom. The Morgan fingerprint density at radius 3 is 2.46 bits per heavy atom. The fourth-order valence-electron chi connectivity index (χ4n) is 1.09. The van der Waals surface area contributed by atoms with Crippen LogP contribution in [0.15, 0.2) is 36.5 Å². The van der Waals surface area contributed by atoms with Crippen LogP contribution >= 0.6 is 0 Å². The number of nitrogens with zero attached hydrogens (tertiary/aromatic N) is 1. The van der Waals surface area contributed by atoms with Gasteiger partial charge in [-0.05, 0) is 12.1 Å². The molecule has 2 aromatic rings. The van der Waals surface area contributed by atoms with Gasteiger partial charge in [0, 0.05) is 38.9 Å². The van der Waals surface area contributed by atoms with E-state index in [1.54, 1.807) is 18.3 Å². The van der Waals surface area contributed by atoms with Crippen molar-refractivity contribution in [2.75, 3.05) is 0 Å². The van der Waals surface area contributed by atoms with E-state index in [0.29, 0.717) is 5.52 Å². The van der Waals surface area contributed by atoms with E-state index in [9.17, 15) is 5.11 Å². The maximum atomic E-state index is 9.31. The molecule has 1 heterocycles. The van der Waals surface area contributed by atoms with Gasteiger partial charge in [0.2, 0.25) is 0 Å². The molecular weight excluding hydrogens is 156 g/mol. The van der Waals surface area contributed by atoms with Crippen molar-refractivity contribution in [3.05, 3.63) is 36.5 Å². The Morgan fingerprint density at radius 1 is 1.08 bits per heavy atom. The zero-order valence-electron chi connectivity index (χ0n) is 7.44. The van der Waals surface area contributed by atoms with E-state index in [2.05, 4.69) is 4.98 Å². The summed E-state index contributed by atoms with van der Waals surface area (Å²) < 4.78 is 0. The summed E-state index contributed by atoms with van der Waals surface area (Å²) in [5, 5.41) is 10.3. The third-order valence-corrected chi connectivity index (χ3v) is 1.61. The predicted molar refractivity (Wildman–Crippen MR) is 54.9 cm³/mol. The van der Waals surface area contributed by atoms with Crippen LogP contribution in [0, 0.1) is 0 Å². The SMILES string of the molecule is Oc1cccc2cccnc12.[B].[Li]. The molecule has 0 unspecified atom stereocenters. The Balaban J connectivity index is 0.000000720. The van der Waals surface area contributed by atoms with Gasteiger partial charge >= 0.3 is 0 Å². The van der Waals surface area contributed by atoms with E-state index in [4.69, 9.17) is 0 Å². The summed E-state index contributed by atoms with van der Waals surface area (Å²) in [5.74, 6) is 0.239. The molecule has 13 heavy (non-hydrogen) atoms. The summed E-state index contributed by atoms with van der Waals surface area (Å²) in [5.41, 5.74) is 0.662. The minimum atomic E-state index is 0. The van der Waals surface area contributed by atoms with E-state index in [0.717, 1.165) is 5.39 Å². The third-order valence-electron chi connectivity index (χ3n) is 1.61. The Hall–Kier alpha value is -0.908. The Labute approximate surface area is 90.7 Å². The molecule has 1 aromatic carbocycles. The standard InChI is InChI=1S/C9H7NO.B.Li/c11-8-5-1-3-7-4-2-6-10-9(7)8;;/h1-6,11H;;. The molecule has 0 bridgehead atoms. The van der Waals surface area contributed by atoms with E-state index in [-0.39, 0.29) is 33.0 Å². The molecule has 0 atom stereocenters. The molecule has 0 saturated carbocycles. The van der Waals surface area contributed by atoms with Crippen LogP contribution in [-0.2, 0) is 0 Å². The topological polar surface area (TPSA) is 33.1 Å². The molecule has 1 aromatic heterocycles. The predicted octanol–water partition coefficient (Wildman–Crippen LogP) is 1.18. The Bertz CT molecular complexity index is 389. The average molecular weight is 163 g/mol. The van der Waals surface area contributed by atoms with Crippen molar-refractivity contribution in [2.45, 2.75) is 0 Å². The Kier molecular flexibility index (Phi) is 4.61. The first-order valence-electron chi connectivity index (χ1n) is 3.40. The number of hydrogen-bond donors (Lipinski definition) is 1. The van der Waals surface area contributed by atoms with Gasteiger partial charge in [-0.2, -0.15) is 0 Å². The molecule has 0 aliphatic heterocycles. The maximum absolute atomic E-state index is 9.31. The molecule has 0 fully saturated rings. The third kappa shape index (κ3) is 2.27. The van der Waals surface area contributed by atoms with Crippen LogP contribution in [0.25, 0.3) is 10.9 Å². The largest absolute Gasteiger partial charge is 0.506 e. The fraction of sp³-hybridized carbons (Fsp3) is 0. The molecule has 2 rings (SSSR count). The van der Waals surface area contributed by atoms with Crippen molar-refractivity contribution < 1.29 is 5.11 Å². The zero-order chi connectivity index (χ0) is 7.68. The van der Waals surface area contributed by atoms with E-state index < -0.39 is 0 Å². The van der Waals surface area contributed by atoms with Crippen molar-refractivity contribution in [1.82, 2.24) is 4.98 Å². The summed E-state index contributed by atoms with van der Waals surface area (Å²) in [4.78, 5) is 4.03. The number of phenolic OH excluding ortho intramolecular Hbond substituents is 1. The quantitative estimate of drug-likeness (QED) is 0.591. The summed E-state index contributed by atoms with van der Waals surface area (Å²) >= 11 is 0. The van der Waals surface area contributed by atoms with Gasteiger partial charge < -0.3 is 5.11 Å². The van der Waals surface area contributed by atoms with Gasteiger partial charge in [-0.15, -0.1) is 0 Å². The van der Waals surface area contributed by atoms with Gasteiger partial charge in [0.15, 0.2) is 0 Å². The number of benzene rings is 1. The number of hydrogen-bond acceptors (Lipinski definition) is 2. The number of phenols is 1. The van der Waals surface area contributed by atoms with Gasteiger partial charge in [0.1, 0.15) is 11.3 Å². The smallest absolute Gasteiger partial charge is 0.141 e. The van der Waals surface area contributed by atoms with E-state index in [1.807, 2.05) is 18.2 Å². The van der Waals surface area contributed by atoms with Gasteiger partial charge in [-0.3, -0.25) is 4.98 Å². The summed E-state index contributed by atoms with van der Waals surface area (Å²) in [7, 11) is 0. The maximum Gasteiger partial charge on any atom is 0.141 e. The van der Waals surface area contributed by atoms with Gasteiger partial charge in [0.25, 0.3) is 0 Å². The molecule has 4 radical (unpaired) electrons. The first-order valence-corrected chi connectivity index (χ1v) is 3.40. The van der Waals surface area contributed by atoms with Gasteiger partial charge in [0.05, 0.1) is 0 Å². The number of rotatable bonds is 0. The number of para-hydroxylation sites is 1. The molecular formula is C9H7BLiNO. The monoisotopic (exact) mass is 163 g/mol. The van der Waals surface area contributed by atoms with E-state index >= 15 is 0 Å². The minimum Gasteiger partial charge on any atom is -0.506 e. The van der Waals surface area contributed by atoms with Gasteiger partial charge in [-0.1, -0.05) is 18.2 Å². The minimum absolute atomic E-state index is 0. The number of aromatic hydroxyl groups is 1.